The molecular weight excluding hydrogens is 629 g/mol. The molecule has 0 radical (unpaired) electrons. The Kier molecular flexibility index (Phi) is 8.43. The summed E-state index contributed by atoms with van der Waals surface area (Å²) in [6.07, 6.45) is -3.25. The minimum atomic E-state index is -4.58. The van der Waals surface area contributed by atoms with Crippen molar-refractivity contribution in [1.82, 2.24) is 14.6 Å². The first kappa shape index (κ1) is 28.8. The number of nitrogens with zero attached hydrogens (tertiary/aromatic N) is 4. The minimum absolute atomic E-state index is 0.0627. The lowest BCUT2D eigenvalue weighted by Gasteiger charge is -2.26. The van der Waals surface area contributed by atoms with Crippen LogP contribution in [0, 0.1) is 0 Å². The number of carbonyl (C=O) groups is 1. The molecule has 1 fully saturated rings. The first-order valence-corrected chi connectivity index (χ1v) is 13.5. The molecule has 1 aliphatic rings. The fraction of sp³-hybridized carbons (Fsp3) is 0.214. The van der Waals surface area contributed by atoms with Crippen molar-refractivity contribution in [3.63, 3.8) is 0 Å². The SMILES string of the molecule is O=C(COc1c(Cl)cc(C=Nn2c(-c3cccc(C(F)(F)F)c3)nc3ccccc3c2=O)cc1Br)N1CCOCC1. The number of para-hydroxylation sites is 1. The van der Waals surface area contributed by atoms with E-state index in [1.54, 1.807) is 35.2 Å². The van der Waals surface area contributed by atoms with Gasteiger partial charge in [-0.2, -0.15) is 22.9 Å². The van der Waals surface area contributed by atoms with Gasteiger partial charge in [0, 0.05) is 18.7 Å². The first-order valence-electron chi connectivity index (χ1n) is 12.3. The number of aromatic nitrogens is 2. The van der Waals surface area contributed by atoms with Gasteiger partial charge in [-0.1, -0.05) is 35.9 Å². The molecule has 5 rings (SSSR count). The largest absolute Gasteiger partial charge is 0.481 e. The summed E-state index contributed by atoms with van der Waals surface area (Å²) in [5.74, 6) is -0.0189. The second kappa shape index (κ2) is 12.0. The van der Waals surface area contributed by atoms with Gasteiger partial charge in [0.05, 0.1) is 45.4 Å². The smallest absolute Gasteiger partial charge is 0.416 e. The van der Waals surface area contributed by atoms with Gasteiger partial charge in [0.25, 0.3) is 11.5 Å². The molecule has 1 aliphatic heterocycles. The Morgan fingerprint density at radius 1 is 1.12 bits per heavy atom. The summed E-state index contributed by atoms with van der Waals surface area (Å²) >= 11 is 9.83. The third-order valence-electron chi connectivity index (χ3n) is 6.25. The van der Waals surface area contributed by atoms with Crippen molar-refractivity contribution in [2.45, 2.75) is 6.18 Å². The maximum absolute atomic E-state index is 13.4. The Hall–Kier alpha value is -3.74. The molecule has 8 nitrogen and oxygen atoms in total. The minimum Gasteiger partial charge on any atom is -0.481 e. The normalized spacial score (nSPS) is 14.1. The second-order valence-corrected chi connectivity index (χ2v) is 10.2. The van der Waals surface area contributed by atoms with Crippen molar-refractivity contribution in [2.75, 3.05) is 32.9 Å². The number of carbonyl (C=O) groups excluding carboxylic acids is 1. The summed E-state index contributed by atoms with van der Waals surface area (Å²) in [5, 5.41) is 4.71. The summed E-state index contributed by atoms with van der Waals surface area (Å²) < 4.78 is 52.6. The quantitative estimate of drug-likeness (QED) is 0.253. The number of ether oxygens (including phenoxy) is 2. The standard InChI is InChI=1S/C28H21BrClF3N4O4/c29-21-12-17(13-22(30)25(21)41-16-24(38)36-8-10-40-11-9-36)15-34-37-26(18-4-3-5-19(14-18)28(31,32)33)35-23-7-2-1-6-20(23)27(37)39/h1-7,12-15H,8-11,16H2. The number of hydrogen-bond acceptors (Lipinski definition) is 6. The summed E-state index contributed by atoms with van der Waals surface area (Å²) in [5.41, 5.74) is -0.621. The van der Waals surface area contributed by atoms with Gasteiger partial charge < -0.3 is 14.4 Å². The molecule has 0 bridgehead atoms. The van der Waals surface area contributed by atoms with Crippen LogP contribution in [0.4, 0.5) is 13.2 Å². The number of fused-ring (bicyclic) bond motifs is 1. The van der Waals surface area contributed by atoms with E-state index in [-0.39, 0.29) is 40.1 Å². The van der Waals surface area contributed by atoms with E-state index in [4.69, 9.17) is 21.1 Å². The molecule has 0 N–H and O–H groups in total. The van der Waals surface area contributed by atoms with Crippen molar-refractivity contribution in [1.29, 1.82) is 0 Å². The lowest BCUT2D eigenvalue weighted by Crippen LogP contribution is -2.43. The van der Waals surface area contributed by atoms with E-state index >= 15 is 0 Å². The van der Waals surface area contributed by atoms with Gasteiger partial charge in [-0.25, -0.2) is 4.98 Å². The Morgan fingerprint density at radius 2 is 1.88 bits per heavy atom. The number of rotatable bonds is 6. The average Bonchev–Trinajstić information content (AvgIpc) is 2.96. The van der Waals surface area contributed by atoms with Crippen molar-refractivity contribution < 1.29 is 27.4 Å². The third-order valence-corrected chi connectivity index (χ3v) is 7.12. The van der Waals surface area contributed by atoms with Crippen LogP contribution >= 0.6 is 27.5 Å². The summed E-state index contributed by atoms with van der Waals surface area (Å²) in [7, 11) is 0. The number of halogens is 5. The van der Waals surface area contributed by atoms with E-state index in [1.807, 2.05) is 0 Å². The fourth-order valence-corrected chi connectivity index (χ4v) is 5.20. The molecule has 1 amide bonds. The number of amides is 1. The average molecular weight is 650 g/mol. The highest BCUT2D eigenvalue weighted by atomic mass is 79.9. The van der Waals surface area contributed by atoms with Crippen molar-refractivity contribution >= 4 is 50.6 Å². The Morgan fingerprint density at radius 3 is 2.61 bits per heavy atom. The van der Waals surface area contributed by atoms with Gasteiger partial charge in [0.15, 0.2) is 18.2 Å². The van der Waals surface area contributed by atoms with Crippen LogP contribution < -0.4 is 10.3 Å². The van der Waals surface area contributed by atoms with Gasteiger partial charge in [-0.15, -0.1) is 0 Å². The van der Waals surface area contributed by atoms with Gasteiger partial charge in [-0.3, -0.25) is 9.59 Å². The van der Waals surface area contributed by atoms with E-state index in [2.05, 4.69) is 26.0 Å². The highest BCUT2D eigenvalue weighted by Gasteiger charge is 2.31. The monoisotopic (exact) mass is 648 g/mol. The van der Waals surface area contributed by atoms with E-state index < -0.39 is 17.3 Å². The topological polar surface area (TPSA) is 86.0 Å². The number of hydrogen-bond donors (Lipinski definition) is 0. The first-order chi connectivity index (χ1) is 19.6. The molecule has 212 valence electrons. The molecule has 0 spiro atoms. The molecule has 2 heterocycles. The van der Waals surface area contributed by atoms with Crippen molar-refractivity contribution in [3.8, 4) is 17.1 Å². The molecule has 0 unspecified atom stereocenters. The predicted octanol–water partition coefficient (Wildman–Crippen LogP) is 5.62. The lowest BCUT2D eigenvalue weighted by atomic mass is 10.1. The summed E-state index contributed by atoms with van der Waals surface area (Å²) in [6, 6.07) is 14.2. The molecule has 1 aromatic heterocycles. The van der Waals surface area contributed by atoms with Gasteiger partial charge in [0.1, 0.15) is 0 Å². The lowest BCUT2D eigenvalue weighted by molar-refractivity contribution is -0.138. The highest BCUT2D eigenvalue weighted by Crippen LogP contribution is 2.35. The molecule has 3 aromatic carbocycles. The molecule has 41 heavy (non-hydrogen) atoms. The van der Waals surface area contributed by atoms with Crippen LogP contribution in [0.25, 0.3) is 22.3 Å². The molecule has 1 saturated heterocycles. The Balaban J connectivity index is 1.47. The number of morpholine rings is 1. The van der Waals surface area contributed by atoms with Gasteiger partial charge in [0.2, 0.25) is 0 Å². The molecule has 0 atom stereocenters. The maximum Gasteiger partial charge on any atom is 0.416 e. The van der Waals surface area contributed by atoms with Gasteiger partial charge in [-0.05, 0) is 57.9 Å². The molecule has 0 aliphatic carbocycles. The van der Waals surface area contributed by atoms with E-state index in [0.717, 1.165) is 16.8 Å². The van der Waals surface area contributed by atoms with E-state index in [0.29, 0.717) is 41.9 Å². The second-order valence-electron chi connectivity index (χ2n) is 8.99. The molecule has 13 heteroatoms. The Labute approximate surface area is 245 Å². The van der Waals surface area contributed by atoms with Crippen LogP contribution in [0.2, 0.25) is 5.02 Å². The van der Waals surface area contributed by atoms with Crippen LogP contribution in [0.3, 0.4) is 0 Å². The molecule has 0 saturated carbocycles. The predicted molar refractivity (Wildman–Crippen MR) is 151 cm³/mol. The summed E-state index contributed by atoms with van der Waals surface area (Å²) in [4.78, 5) is 31.9. The fourth-order valence-electron chi connectivity index (χ4n) is 4.21. The summed E-state index contributed by atoms with van der Waals surface area (Å²) in [6.45, 7) is 1.69. The zero-order valence-electron chi connectivity index (χ0n) is 21.2. The zero-order valence-corrected chi connectivity index (χ0v) is 23.5. The van der Waals surface area contributed by atoms with Crippen LogP contribution in [-0.4, -0.2) is 59.6 Å². The maximum atomic E-state index is 13.4. The van der Waals surface area contributed by atoms with Crippen LogP contribution in [0.15, 0.2) is 75.0 Å². The number of benzene rings is 3. The highest BCUT2D eigenvalue weighted by molar-refractivity contribution is 9.10. The van der Waals surface area contributed by atoms with E-state index in [1.165, 1.54) is 24.4 Å². The molecular formula is C28H21BrClF3N4O4. The van der Waals surface area contributed by atoms with Gasteiger partial charge >= 0.3 is 6.18 Å². The van der Waals surface area contributed by atoms with Crippen molar-refractivity contribution in [3.05, 3.63) is 91.6 Å². The number of alkyl halides is 3. The van der Waals surface area contributed by atoms with Crippen molar-refractivity contribution in [2.24, 2.45) is 5.10 Å². The third kappa shape index (κ3) is 6.45. The molecule has 4 aromatic rings. The van der Waals surface area contributed by atoms with Crippen LogP contribution in [-0.2, 0) is 15.7 Å². The van der Waals surface area contributed by atoms with Crippen LogP contribution in [0.1, 0.15) is 11.1 Å². The zero-order chi connectivity index (χ0) is 29.1. The van der Waals surface area contributed by atoms with Crippen LogP contribution in [0.5, 0.6) is 5.75 Å². The Bertz CT molecular complexity index is 1680. The van der Waals surface area contributed by atoms with E-state index in [9.17, 15) is 22.8 Å².